The van der Waals surface area contributed by atoms with E-state index in [1.807, 2.05) is 36.4 Å². The van der Waals surface area contributed by atoms with Gasteiger partial charge in [0.1, 0.15) is 5.75 Å². The lowest BCUT2D eigenvalue weighted by molar-refractivity contribution is 0.175. The number of anilines is 1. The molecule has 0 saturated heterocycles. The Balaban J connectivity index is 1.89. The van der Waals surface area contributed by atoms with E-state index in [1.165, 1.54) is 0 Å². The van der Waals surface area contributed by atoms with Crippen molar-refractivity contribution in [3.63, 3.8) is 0 Å². The molecule has 0 amide bonds. The Hall–Kier alpha value is -2.86. The van der Waals surface area contributed by atoms with Crippen molar-refractivity contribution in [2.45, 2.75) is 6.23 Å². The van der Waals surface area contributed by atoms with Crippen LogP contribution >= 0.6 is 0 Å². The van der Waals surface area contributed by atoms with E-state index in [-0.39, 0.29) is 12.0 Å². The molecule has 0 bridgehead atoms. The van der Waals surface area contributed by atoms with Gasteiger partial charge in [-0.1, -0.05) is 30.3 Å². The van der Waals surface area contributed by atoms with Gasteiger partial charge in [0.15, 0.2) is 6.23 Å². The number of nitrogens with zero attached hydrogens (tertiary/aromatic N) is 3. The molecule has 1 aliphatic heterocycles. The number of nitrogens with two attached hydrogens (primary N) is 1. The Kier molecular flexibility index (Phi) is 2.45. The number of hydrogen-bond acceptors (Lipinski definition) is 5. The summed E-state index contributed by atoms with van der Waals surface area (Å²) in [5, 5.41) is 10.2. The van der Waals surface area contributed by atoms with Crippen LogP contribution in [0.2, 0.25) is 0 Å². The highest BCUT2D eigenvalue weighted by Gasteiger charge is 2.24. The zero-order valence-electron chi connectivity index (χ0n) is 11.0. The average Bonchev–Trinajstić information content (AvgIpc) is 2.83. The molecule has 3 N–H and O–H groups in total. The van der Waals surface area contributed by atoms with Crippen LogP contribution in [-0.2, 0) is 0 Å². The summed E-state index contributed by atoms with van der Waals surface area (Å²) in [5.74, 6) is 0.828. The minimum atomic E-state index is -0.981. The predicted octanol–water partition coefficient (Wildman–Crippen LogP) is 1.91. The molecule has 6 nitrogen and oxygen atoms in total. The van der Waals surface area contributed by atoms with Gasteiger partial charge in [0, 0.05) is 5.56 Å². The maximum atomic E-state index is 10.2. The van der Waals surface area contributed by atoms with Gasteiger partial charge < -0.3 is 15.6 Å². The second kappa shape index (κ2) is 4.32. The van der Waals surface area contributed by atoms with Crippen LogP contribution in [0.4, 0.5) is 5.95 Å². The van der Waals surface area contributed by atoms with Gasteiger partial charge in [0.05, 0.1) is 11.0 Å². The number of fused-ring (bicyclic) bond motifs is 2. The largest absolute Gasteiger partial charge is 0.425 e. The topological polar surface area (TPSA) is 85.7 Å². The van der Waals surface area contributed by atoms with E-state index in [1.54, 1.807) is 16.7 Å². The molecule has 0 spiro atoms. The quantitative estimate of drug-likeness (QED) is 0.658. The molecular weight excluding hydrogens is 268 g/mol. The van der Waals surface area contributed by atoms with Crippen LogP contribution in [0.1, 0.15) is 11.8 Å². The molecule has 3 aromatic rings. The zero-order chi connectivity index (χ0) is 14.4. The molecule has 1 unspecified atom stereocenters. The number of aliphatic hydroxyl groups excluding tert-OH is 1. The van der Waals surface area contributed by atoms with E-state index in [0.717, 1.165) is 11.0 Å². The highest BCUT2D eigenvalue weighted by molar-refractivity contribution is 5.94. The Morgan fingerprint density at radius 2 is 1.86 bits per heavy atom. The van der Waals surface area contributed by atoms with Gasteiger partial charge in [-0.05, 0) is 18.2 Å². The molecule has 21 heavy (non-hydrogen) atoms. The summed E-state index contributed by atoms with van der Waals surface area (Å²) in [5.41, 5.74) is 8.11. The normalized spacial score (nSPS) is 17.2. The SMILES string of the molecule is Nc1nc2ccccc2n1C1=NC(O)c2ccccc2O1. The number of ether oxygens (including phenoxy) is 1. The summed E-state index contributed by atoms with van der Waals surface area (Å²) in [7, 11) is 0. The highest BCUT2D eigenvalue weighted by atomic mass is 16.5. The Bertz CT molecular complexity index is 869. The number of imidazole rings is 1. The van der Waals surface area contributed by atoms with Crippen LogP contribution in [0, 0.1) is 0 Å². The fraction of sp³-hybridized carbons (Fsp3) is 0.0667. The molecule has 4 rings (SSSR count). The summed E-state index contributed by atoms with van der Waals surface area (Å²) in [6.07, 6.45) is -0.981. The van der Waals surface area contributed by atoms with E-state index >= 15 is 0 Å². The van der Waals surface area contributed by atoms with Gasteiger partial charge in [0.2, 0.25) is 5.95 Å². The second-order valence-corrected chi connectivity index (χ2v) is 4.72. The lowest BCUT2D eigenvalue weighted by Crippen LogP contribution is -2.25. The second-order valence-electron chi connectivity index (χ2n) is 4.72. The van der Waals surface area contributed by atoms with Crippen molar-refractivity contribution in [1.29, 1.82) is 0 Å². The van der Waals surface area contributed by atoms with Crippen molar-refractivity contribution < 1.29 is 9.84 Å². The molecule has 0 fully saturated rings. The van der Waals surface area contributed by atoms with Gasteiger partial charge in [-0.3, -0.25) is 0 Å². The van der Waals surface area contributed by atoms with Crippen molar-refractivity contribution >= 4 is 23.0 Å². The molecular formula is C15H12N4O2. The molecule has 2 heterocycles. The maximum Gasteiger partial charge on any atom is 0.307 e. The Morgan fingerprint density at radius 3 is 2.76 bits per heavy atom. The van der Waals surface area contributed by atoms with Crippen LogP contribution < -0.4 is 10.5 Å². The van der Waals surface area contributed by atoms with E-state index < -0.39 is 6.23 Å². The third kappa shape index (κ3) is 1.77. The van der Waals surface area contributed by atoms with Crippen molar-refractivity contribution in [3.05, 3.63) is 54.1 Å². The lowest BCUT2D eigenvalue weighted by Gasteiger charge is -2.21. The standard InChI is InChI=1S/C15H12N4O2/c16-14-17-10-6-2-3-7-11(10)19(14)15-18-13(20)9-5-1-4-8-12(9)21-15/h1-8,13,20H,(H2,16,17). The number of hydrogen-bond donors (Lipinski definition) is 2. The minimum Gasteiger partial charge on any atom is -0.425 e. The number of rotatable bonds is 0. The first kappa shape index (κ1) is 11.9. The fourth-order valence-electron chi connectivity index (χ4n) is 2.43. The van der Waals surface area contributed by atoms with Crippen molar-refractivity contribution in [2.75, 3.05) is 5.73 Å². The van der Waals surface area contributed by atoms with Crippen LogP contribution in [0.3, 0.4) is 0 Å². The number of nitrogen functional groups attached to an aromatic ring is 1. The first-order valence-electron chi connectivity index (χ1n) is 6.50. The Morgan fingerprint density at radius 1 is 1.10 bits per heavy atom. The highest BCUT2D eigenvalue weighted by Crippen LogP contribution is 2.31. The van der Waals surface area contributed by atoms with Crippen LogP contribution in [0.15, 0.2) is 53.5 Å². The smallest absolute Gasteiger partial charge is 0.307 e. The molecule has 0 aliphatic carbocycles. The molecule has 1 aromatic heterocycles. The molecule has 0 saturated carbocycles. The molecule has 104 valence electrons. The summed E-state index contributed by atoms with van der Waals surface area (Å²) < 4.78 is 7.36. The molecule has 0 radical (unpaired) electrons. The summed E-state index contributed by atoms with van der Waals surface area (Å²) in [6.45, 7) is 0. The minimum absolute atomic E-state index is 0.215. The van der Waals surface area contributed by atoms with Gasteiger partial charge in [-0.25, -0.2) is 9.55 Å². The number of aliphatic imine (C=N–C) groups is 1. The third-order valence-electron chi connectivity index (χ3n) is 3.41. The number of aliphatic hydroxyl groups is 1. The zero-order valence-corrected chi connectivity index (χ0v) is 11.0. The van der Waals surface area contributed by atoms with E-state index in [0.29, 0.717) is 11.3 Å². The summed E-state index contributed by atoms with van der Waals surface area (Å²) in [6, 6.07) is 14.9. The predicted molar refractivity (Wildman–Crippen MR) is 79.0 cm³/mol. The van der Waals surface area contributed by atoms with Crippen LogP contribution in [0.5, 0.6) is 5.75 Å². The molecule has 2 aromatic carbocycles. The molecule has 1 atom stereocenters. The monoisotopic (exact) mass is 280 g/mol. The van der Waals surface area contributed by atoms with Crippen molar-refractivity contribution in [1.82, 2.24) is 9.55 Å². The summed E-state index contributed by atoms with van der Waals surface area (Å²) >= 11 is 0. The first-order valence-corrected chi connectivity index (χ1v) is 6.50. The van der Waals surface area contributed by atoms with Gasteiger partial charge in [-0.2, -0.15) is 4.99 Å². The Labute approximate surface area is 120 Å². The van der Waals surface area contributed by atoms with E-state index in [4.69, 9.17) is 10.5 Å². The maximum absolute atomic E-state index is 10.2. The lowest BCUT2D eigenvalue weighted by atomic mass is 10.1. The van der Waals surface area contributed by atoms with Gasteiger partial charge in [-0.15, -0.1) is 0 Å². The van der Waals surface area contributed by atoms with Crippen LogP contribution in [-0.4, -0.2) is 20.7 Å². The van der Waals surface area contributed by atoms with Crippen LogP contribution in [0.25, 0.3) is 11.0 Å². The number of para-hydroxylation sites is 3. The molecule has 6 heteroatoms. The number of benzene rings is 2. The first-order chi connectivity index (χ1) is 10.2. The fourth-order valence-corrected chi connectivity index (χ4v) is 2.43. The van der Waals surface area contributed by atoms with Gasteiger partial charge in [0.25, 0.3) is 0 Å². The van der Waals surface area contributed by atoms with Gasteiger partial charge >= 0.3 is 6.02 Å². The molecule has 1 aliphatic rings. The average molecular weight is 280 g/mol. The van der Waals surface area contributed by atoms with E-state index in [2.05, 4.69) is 9.98 Å². The van der Waals surface area contributed by atoms with Crippen molar-refractivity contribution in [2.24, 2.45) is 4.99 Å². The summed E-state index contributed by atoms with van der Waals surface area (Å²) in [4.78, 5) is 8.44. The number of aromatic nitrogens is 2. The van der Waals surface area contributed by atoms with E-state index in [9.17, 15) is 5.11 Å². The van der Waals surface area contributed by atoms with Crippen molar-refractivity contribution in [3.8, 4) is 5.75 Å². The third-order valence-corrected chi connectivity index (χ3v) is 3.41.